The van der Waals surface area contributed by atoms with E-state index in [2.05, 4.69) is 6.58 Å². The molecule has 1 aliphatic carbocycles. The largest absolute Gasteiger partial charge is 0.295 e. The van der Waals surface area contributed by atoms with E-state index in [0.29, 0.717) is 18.4 Å². The molecule has 1 rings (SSSR count). The molecule has 3 heteroatoms. The lowest BCUT2D eigenvalue weighted by Gasteiger charge is -2.17. The second kappa shape index (κ2) is 3.56. The average Bonchev–Trinajstić information content (AvgIpc) is 2.30. The van der Waals surface area contributed by atoms with Crippen LogP contribution in [0.4, 0.5) is 8.78 Å². The van der Waals surface area contributed by atoms with Crippen molar-refractivity contribution in [3.05, 3.63) is 12.2 Å². The number of carbonyl (C=O) groups is 1. The van der Waals surface area contributed by atoms with Crippen LogP contribution in [0.3, 0.4) is 0 Å². The number of alkyl halides is 2. The van der Waals surface area contributed by atoms with Gasteiger partial charge in [-0.2, -0.15) is 0 Å². The van der Waals surface area contributed by atoms with E-state index in [-0.39, 0.29) is 18.6 Å². The zero-order valence-electron chi connectivity index (χ0n) is 7.78. The molecule has 0 saturated heterocycles. The zero-order chi connectivity index (χ0) is 10.1. The third-order valence-electron chi connectivity index (χ3n) is 2.57. The SMILES string of the molecule is C=C(C)C(=O)CC1CCCC1(F)F. The van der Waals surface area contributed by atoms with Gasteiger partial charge < -0.3 is 0 Å². The quantitative estimate of drug-likeness (QED) is 0.622. The molecule has 0 N–H and O–H groups in total. The van der Waals surface area contributed by atoms with E-state index in [1.54, 1.807) is 6.92 Å². The molecule has 0 radical (unpaired) electrons. The fraction of sp³-hybridized carbons (Fsp3) is 0.700. The lowest BCUT2D eigenvalue weighted by Crippen LogP contribution is -2.24. The molecule has 1 atom stereocenters. The van der Waals surface area contributed by atoms with Crippen molar-refractivity contribution in [1.29, 1.82) is 0 Å². The molecule has 0 aromatic rings. The van der Waals surface area contributed by atoms with Crippen LogP contribution in [0, 0.1) is 5.92 Å². The van der Waals surface area contributed by atoms with Crippen LogP contribution in [0.15, 0.2) is 12.2 Å². The first-order chi connectivity index (χ1) is 5.93. The van der Waals surface area contributed by atoms with Gasteiger partial charge in [-0.1, -0.05) is 6.58 Å². The molecule has 0 spiro atoms. The van der Waals surface area contributed by atoms with E-state index < -0.39 is 11.8 Å². The molecule has 0 heterocycles. The van der Waals surface area contributed by atoms with Crippen molar-refractivity contribution in [1.82, 2.24) is 0 Å². The molecule has 0 aliphatic heterocycles. The van der Waals surface area contributed by atoms with Gasteiger partial charge in [0.25, 0.3) is 5.92 Å². The van der Waals surface area contributed by atoms with E-state index in [4.69, 9.17) is 0 Å². The minimum atomic E-state index is -2.63. The Labute approximate surface area is 76.8 Å². The summed E-state index contributed by atoms with van der Waals surface area (Å²) in [7, 11) is 0. The fourth-order valence-corrected chi connectivity index (χ4v) is 1.65. The van der Waals surface area contributed by atoms with Gasteiger partial charge in [0, 0.05) is 18.8 Å². The van der Waals surface area contributed by atoms with E-state index in [0.717, 1.165) is 0 Å². The summed E-state index contributed by atoms with van der Waals surface area (Å²) in [6.07, 6.45) is 0.886. The van der Waals surface area contributed by atoms with Crippen LogP contribution >= 0.6 is 0 Å². The highest BCUT2D eigenvalue weighted by Gasteiger charge is 2.44. The molecule has 74 valence electrons. The average molecular weight is 188 g/mol. The summed E-state index contributed by atoms with van der Waals surface area (Å²) in [4.78, 5) is 11.2. The lowest BCUT2D eigenvalue weighted by atomic mass is 9.96. The van der Waals surface area contributed by atoms with Crippen LogP contribution in [0.5, 0.6) is 0 Å². The highest BCUT2D eigenvalue weighted by Crippen LogP contribution is 2.42. The predicted octanol–water partition coefficient (Wildman–Crippen LogP) is 2.96. The highest BCUT2D eigenvalue weighted by atomic mass is 19.3. The Morgan fingerprint density at radius 1 is 1.62 bits per heavy atom. The van der Waals surface area contributed by atoms with Crippen LogP contribution in [0.2, 0.25) is 0 Å². The fourth-order valence-electron chi connectivity index (χ4n) is 1.65. The summed E-state index contributed by atoms with van der Waals surface area (Å²) in [6, 6.07) is 0. The molecule has 1 saturated carbocycles. The number of hydrogen-bond acceptors (Lipinski definition) is 1. The van der Waals surface area contributed by atoms with Crippen LogP contribution in [0.25, 0.3) is 0 Å². The summed E-state index contributed by atoms with van der Waals surface area (Å²) >= 11 is 0. The minimum absolute atomic E-state index is 0.0394. The van der Waals surface area contributed by atoms with Crippen molar-refractivity contribution < 1.29 is 13.6 Å². The summed E-state index contributed by atoms with van der Waals surface area (Å²) < 4.78 is 26.1. The van der Waals surface area contributed by atoms with E-state index in [9.17, 15) is 13.6 Å². The first-order valence-corrected chi connectivity index (χ1v) is 4.50. The molecule has 1 aliphatic rings. The normalized spacial score (nSPS) is 25.9. The van der Waals surface area contributed by atoms with E-state index >= 15 is 0 Å². The first kappa shape index (κ1) is 10.4. The molecule has 1 unspecified atom stereocenters. The van der Waals surface area contributed by atoms with Gasteiger partial charge in [0.05, 0.1) is 0 Å². The topological polar surface area (TPSA) is 17.1 Å². The number of ketones is 1. The Morgan fingerprint density at radius 3 is 2.62 bits per heavy atom. The summed E-state index contributed by atoms with van der Waals surface area (Å²) in [6.45, 7) is 5.02. The maximum atomic E-state index is 13.1. The van der Waals surface area contributed by atoms with Gasteiger partial charge in [0.15, 0.2) is 5.78 Å². The molecular formula is C10H14F2O. The first-order valence-electron chi connectivity index (χ1n) is 4.50. The van der Waals surface area contributed by atoms with Crippen molar-refractivity contribution in [3.63, 3.8) is 0 Å². The number of allylic oxidation sites excluding steroid dienone is 1. The maximum Gasteiger partial charge on any atom is 0.251 e. The Balaban J connectivity index is 2.54. The zero-order valence-corrected chi connectivity index (χ0v) is 7.78. The number of hydrogen-bond donors (Lipinski definition) is 0. The smallest absolute Gasteiger partial charge is 0.251 e. The summed E-state index contributed by atoms with van der Waals surface area (Å²) in [5, 5.41) is 0. The lowest BCUT2D eigenvalue weighted by molar-refractivity contribution is -0.120. The van der Waals surface area contributed by atoms with Crippen molar-refractivity contribution in [3.8, 4) is 0 Å². The minimum Gasteiger partial charge on any atom is -0.295 e. The molecule has 13 heavy (non-hydrogen) atoms. The van der Waals surface area contributed by atoms with Crippen molar-refractivity contribution in [2.75, 3.05) is 0 Å². The number of halogens is 2. The monoisotopic (exact) mass is 188 g/mol. The second-order valence-electron chi connectivity index (χ2n) is 3.76. The van der Waals surface area contributed by atoms with Crippen molar-refractivity contribution >= 4 is 5.78 Å². The third kappa shape index (κ3) is 2.36. The molecule has 1 fully saturated rings. The molecular weight excluding hydrogens is 174 g/mol. The third-order valence-corrected chi connectivity index (χ3v) is 2.57. The van der Waals surface area contributed by atoms with Crippen LogP contribution < -0.4 is 0 Å². The van der Waals surface area contributed by atoms with Gasteiger partial charge in [0.2, 0.25) is 0 Å². The van der Waals surface area contributed by atoms with Gasteiger partial charge in [-0.15, -0.1) is 0 Å². The maximum absolute atomic E-state index is 13.1. The molecule has 0 amide bonds. The molecule has 0 aromatic carbocycles. The number of Topliss-reactive ketones (excluding diaryl/α,β-unsaturated/α-hetero) is 1. The highest BCUT2D eigenvalue weighted by molar-refractivity contribution is 5.94. The Bertz CT molecular complexity index is 233. The Kier molecular flexibility index (Phi) is 2.84. The Morgan fingerprint density at radius 2 is 2.23 bits per heavy atom. The van der Waals surface area contributed by atoms with E-state index in [1.807, 2.05) is 0 Å². The van der Waals surface area contributed by atoms with E-state index in [1.165, 1.54) is 0 Å². The standard InChI is InChI=1S/C10H14F2O/c1-7(2)9(13)6-8-4-3-5-10(8,11)12/h8H,1,3-6H2,2H3. The number of carbonyl (C=O) groups excluding carboxylic acids is 1. The van der Waals surface area contributed by atoms with Crippen LogP contribution in [0.1, 0.15) is 32.6 Å². The van der Waals surface area contributed by atoms with Gasteiger partial charge >= 0.3 is 0 Å². The molecule has 0 bridgehead atoms. The van der Waals surface area contributed by atoms with Gasteiger partial charge in [-0.3, -0.25) is 4.79 Å². The molecule has 0 aromatic heterocycles. The predicted molar refractivity (Wildman–Crippen MR) is 46.7 cm³/mol. The van der Waals surface area contributed by atoms with Crippen LogP contribution in [-0.2, 0) is 4.79 Å². The number of rotatable bonds is 3. The van der Waals surface area contributed by atoms with Crippen molar-refractivity contribution in [2.45, 2.75) is 38.5 Å². The summed E-state index contributed by atoms with van der Waals surface area (Å²) in [5.74, 6) is -3.62. The second-order valence-corrected chi connectivity index (χ2v) is 3.76. The Hall–Kier alpha value is -0.730. The van der Waals surface area contributed by atoms with Crippen LogP contribution in [-0.4, -0.2) is 11.7 Å². The van der Waals surface area contributed by atoms with Gasteiger partial charge in [-0.25, -0.2) is 8.78 Å². The van der Waals surface area contributed by atoms with Gasteiger partial charge in [0.1, 0.15) is 0 Å². The van der Waals surface area contributed by atoms with Gasteiger partial charge in [-0.05, 0) is 25.3 Å². The summed E-state index contributed by atoms with van der Waals surface area (Å²) in [5.41, 5.74) is 0.378. The van der Waals surface area contributed by atoms with Crippen molar-refractivity contribution in [2.24, 2.45) is 5.92 Å². The molecule has 1 nitrogen and oxygen atoms in total.